The highest BCUT2D eigenvalue weighted by molar-refractivity contribution is 5.94. The highest BCUT2D eigenvalue weighted by atomic mass is 19.1. The van der Waals surface area contributed by atoms with Crippen LogP contribution in [-0.2, 0) is 0 Å². The quantitative estimate of drug-likeness (QED) is 0.285. The molecule has 2 aromatic rings. The van der Waals surface area contributed by atoms with Crippen molar-refractivity contribution < 1.29 is 4.39 Å². The molecule has 4 rings (SSSR count). The van der Waals surface area contributed by atoms with Gasteiger partial charge in [0.05, 0.1) is 24.0 Å². The molecule has 8 heteroatoms. The third-order valence-electron chi connectivity index (χ3n) is 6.66. The molecule has 36 heavy (non-hydrogen) atoms. The Morgan fingerprint density at radius 2 is 2.25 bits per heavy atom. The van der Waals surface area contributed by atoms with Gasteiger partial charge in [-0.3, -0.25) is 5.41 Å². The number of amidine groups is 1. The fourth-order valence-electron chi connectivity index (χ4n) is 4.79. The Morgan fingerprint density at radius 3 is 3.03 bits per heavy atom. The third kappa shape index (κ3) is 6.43. The van der Waals surface area contributed by atoms with Crippen molar-refractivity contribution >= 4 is 11.9 Å². The van der Waals surface area contributed by atoms with Gasteiger partial charge in [0.2, 0.25) is 0 Å². The summed E-state index contributed by atoms with van der Waals surface area (Å²) in [6.07, 6.45) is 13.7. The molecule has 1 fully saturated rings. The lowest BCUT2D eigenvalue weighted by Gasteiger charge is -2.31. The molecule has 192 valence electrons. The summed E-state index contributed by atoms with van der Waals surface area (Å²) in [7, 11) is 0. The molecule has 1 aromatic heterocycles. The van der Waals surface area contributed by atoms with Crippen molar-refractivity contribution in [2.75, 3.05) is 26.2 Å². The van der Waals surface area contributed by atoms with Crippen molar-refractivity contribution in [3.63, 3.8) is 0 Å². The summed E-state index contributed by atoms with van der Waals surface area (Å²) in [6, 6.07) is 7.22. The van der Waals surface area contributed by atoms with E-state index in [4.69, 9.17) is 5.41 Å². The first kappa shape index (κ1) is 25.7. The molecule has 2 aliphatic heterocycles. The molecule has 0 aliphatic carbocycles. The SMILES string of the molecule is CCN(CCNC(C)C)C1=CC=CC(c2cnc(/C=C\C(=N)N3CCCC3c3cccc(F)c3)[nH]2)N1. The number of hydrogen-bond acceptors (Lipinski definition) is 5. The Labute approximate surface area is 213 Å². The van der Waals surface area contributed by atoms with Gasteiger partial charge in [-0.1, -0.05) is 38.1 Å². The monoisotopic (exact) mass is 491 g/mol. The highest BCUT2D eigenvalue weighted by Crippen LogP contribution is 2.32. The lowest BCUT2D eigenvalue weighted by Crippen LogP contribution is -2.39. The van der Waals surface area contributed by atoms with Crippen LogP contribution in [0.5, 0.6) is 0 Å². The predicted molar refractivity (Wildman–Crippen MR) is 144 cm³/mol. The van der Waals surface area contributed by atoms with Gasteiger partial charge >= 0.3 is 0 Å². The van der Waals surface area contributed by atoms with E-state index in [1.165, 1.54) is 6.07 Å². The van der Waals surface area contributed by atoms with Crippen LogP contribution in [0.25, 0.3) is 6.08 Å². The number of likely N-dealkylation sites (N-methyl/N-ethyl adjacent to an activating group) is 1. The average Bonchev–Trinajstić information content (AvgIpc) is 3.55. The number of rotatable bonds is 10. The van der Waals surface area contributed by atoms with Crippen LogP contribution in [0.15, 0.2) is 60.6 Å². The Bertz CT molecular complexity index is 1120. The predicted octanol–water partition coefficient (Wildman–Crippen LogP) is 4.74. The van der Waals surface area contributed by atoms with Gasteiger partial charge in [0, 0.05) is 32.2 Å². The lowest BCUT2D eigenvalue weighted by molar-refractivity contribution is 0.320. The fraction of sp³-hybridized carbons (Fsp3) is 0.429. The molecule has 0 saturated carbocycles. The molecule has 0 spiro atoms. The van der Waals surface area contributed by atoms with Gasteiger partial charge in [0.25, 0.3) is 0 Å². The largest absolute Gasteiger partial charge is 0.360 e. The molecular formula is C28H38FN7. The van der Waals surface area contributed by atoms with E-state index in [9.17, 15) is 4.39 Å². The number of benzene rings is 1. The Balaban J connectivity index is 1.36. The maximum absolute atomic E-state index is 13.7. The van der Waals surface area contributed by atoms with E-state index in [2.05, 4.69) is 64.5 Å². The van der Waals surface area contributed by atoms with Crippen molar-refractivity contribution in [3.8, 4) is 0 Å². The fourth-order valence-corrected chi connectivity index (χ4v) is 4.79. The number of aromatic amines is 1. The van der Waals surface area contributed by atoms with Crippen LogP contribution in [0.4, 0.5) is 4.39 Å². The molecule has 1 saturated heterocycles. The van der Waals surface area contributed by atoms with Gasteiger partial charge in [-0.2, -0.15) is 0 Å². The number of allylic oxidation sites excluding steroid dienone is 2. The van der Waals surface area contributed by atoms with Gasteiger partial charge in [-0.25, -0.2) is 9.37 Å². The van der Waals surface area contributed by atoms with E-state index in [-0.39, 0.29) is 17.9 Å². The lowest BCUT2D eigenvalue weighted by atomic mass is 10.0. The molecule has 2 aliphatic rings. The molecular weight excluding hydrogens is 453 g/mol. The number of nitrogens with one attached hydrogen (secondary N) is 4. The van der Waals surface area contributed by atoms with Gasteiger partial charge in [-0.05, 0) is 55.7 Å². The van der Waals surface area contributed by atoms with Gasteiger partial charge in [-0.15, -0.1) is 0 Å². The summed E-state index contributed by atoms with van der Waals surface area (Å²) in [4.78, 5) is 12.3. The zero-order valence-corrected chi connectivity index (χ0v) is 21.5. The first-order valence-electron chi connectivity index (χ1n) is 12.9. The summed E-state index contributed by atoms with van der Waals surface area (Å²) in [5.74, 6) is 1.98. The Kier molecular flexibility index (Phi) is 8.59. The molecule has 7 nitrogen and oxygen atoms in total. The summed E-state index contributed by atoms with van der Waals surface area (Å²) in [6.45, 7) is 10.1. The molecule has 4 N–H and O–H groups in total. The number of imidazole rings is 1. The molecule has 1 aromatic carbocycles. The van der Waals surface area contributed by atoms with Crippen LogP contribution in [0.2, 0.25) is 0 Å². The molecule has 0 bridgehead atoms. The zero-order valence-electron chi connectivity index (χ0n) is 21.5. The van der Waals surface area contributed by atoms with E-state index in [1.807, 2.05) is 23.2 Å². The summed E-state index contributed by atoms with van der Waals surface area (Å²) < 4.78 is 13.7. The minimum Gasteiger partial charge on any atom is -0.360 e. The van der Waals surface area contributed by atoms with Crippen LogP contribution < -0.4 is 10.6 Å². The van der Waals surface area contributed by atoms with E-state index in [0.717, 1.165) is 56.1 Å². The second kappa shape index (κ2) is 12.0. The highest BCUT2D eigenvalue weighted by Gasteiger charge is 2.27. The van der Waals surface area contributed by atoms with Crippen LogP contribution in [0.1, 0.15) is 62.8 Å². The summed E-state index contributed by atoms with van der Waals surface area (Å²) in [5, 5.41) is 15.7. The van der Waals surface area contributed by atoms with Crippen molar-refractivity contribution in [2.24, 2.45) is 0 Å². The van der Waals surface area contributed by atoms with Gasteiger partial charge in [0.1, 0.15) is 23.3 Å². The van der Waals surface area contributed by atoms with Gasteiger partial charge < -0.3 is 25.4 Å². The third-order valence-corrected chi connectivity index (χ3v) is 6.66. The molecule has 0 radical (unpaired) electrons. The Morgan fingerprint density at radius 1 is 1.39 bits per heavy atom. The minimum absolute atomic E-state index is 0.00199. The number of likely N-dealkylation sites (tertiary alicyclic amines) is 1. The summed E-state index contributed by atoms with van der Waals surface area (Å²) in [5.41, 5.74) is 1.89. The first-order valence-corrected chi connectivity index (χ1v) is 12.9. The van der Waals surface area contributed by atoms with E-state index in [1.54, 1.807) is 18.2 Å². The molecule has 0 amide bonds. The number of aromatic nitrogens is 2. The van der Waals surface area contributed by atoms with E-state index in [0.29, 0.717) is 17.7 Å². The zero-order chi connectivity index (χ0) is 25.5. The maximum atomic E-state index is 13.7. The standard InChI is InChI=1S/C28H38FN7/c1-4-35(17-15-31-20(2)3)28-12-6-10-23(34-28)24-19-32-27(33-24)14-13-26(30)36-16-7-11-25(36)21-8-5-9-22(29)18-21/h5-6,8-10,12-14,18-20,23,25,30-31,34H,4,7,11,15-17H2,1-3H3,(H,32,33)/b14-13-,30-26?. The smallest absolute Gasteiger partial charge is 0.130 e. The molecule has 3 heterocycles. The van der Waals surface area contributed by atoms with Crippen LogP contribution in [-0.4, -0.2) is 57.8 Å². The average molecular weight is 492 g/mol. The van der Waals surface area contributed by atoms with Crippen molar-refractivity contribution in [2.45, 2.75) is 51.7 Å². The molecule has 2 unspecified atom stereocenters. The first-order chi connectivity index (χ1) is 17.4. The van der Waals surface area contributed by atoms with Crippen molar-refractivity contribution in [1.82, 2.24) is 30.4 Å². The van der Waals surface area contributed by atoms with Crippen LogP contribution >= 0.6 is 0 Å². The van der Waals surface area contributed by atoms with Crippen molar-refractivity contribution in [3.05, 3.63) is 83.5 Å². The number of dihydropyridines is 1. The number of H-pyrrole nitrogens is 1. The minimum atomic E-state index is -0.234. The van der Waals surface area contributed by atoms with E-state index < -0.39 is 0 Å². The van der Waals surface area contributed by atoms with E-state index >= 15 is 0 Å². The second-order valence-corrected chi connectivity index (χ2v) is 9.60. The number of hydrogen-bond donors (Lipinski definition) is 4. The van der Waals surface area contributed by atoms with Gasteiger partial charge in [0.15, 0.2) is 0 Å². The number of halogens is 1. The van der Waals surface area contributed by atoms with Crippen LogP contribution in [0.3, 0.4) is 0 Å². The normalized spacial score (nSPS) is 19.7. The number of nitrogens with zero attached hydrogens (tertiary/aromatic N) is 3. The maximum Gasteiger partial charge on any atom is 0.130 e. The Hall–Kier alpha value is -3.39. The van der Waals surface area contributed by atoms with Crippen molar-refractivity contribution in [1.29, 1.82) is 5.41 Å². The second-order valence-electron chi connectivity index (χ2n) is 9.60. The van der Waals surface area contributed by atoms with Crippen LogP contribution in [0, 0.1) is 11.2 Å². The summed E-state index contributed by atoms with van der Waals surface area (Å²) >= 11 is 0. The topological polar surface area (TPSA) is 83.1 Å². The molecule has 2 atom stereocenters.